The summed E-state index contributed by atoms with van der Waals surface area (Å²) in [6, 6.07) is 8.11. The van der Waals surface area contributed by atoms with Gasteiger partial charge >= 0.3 is 75.9 Å². The second-order valence-corrected chi connectivity index (χ2v) is 5.68. The molecule has 1 aromatic heterocycles. The van der Waals surface area contributed by atoms with E-state index < -0.39 is 16.1 Å². The van der Waals surface area contributed by atoms with Crippen LogP contribution >= 0.6 is 9.69 Å². The average Bonchev–Trinajstić information content (AvgIpc) is 2.47. The molecule has 1 nitrogen and oxygen atoms in total. The molecule has 0 radical (unpaired) electrons. The normalized spacial score (nSPS) is 9.91. The van der Waals surface area contributed by atoms with E-state index in [2.05, 4.69) is 6.07 Å². The molecule has 0 aliphatic heterocycles. The summed E-state index contributed by atoms with van der Waals surface area (Å²) in [5, 5.41) is 2.36. The standard InChI is InChI=1S/C8H5O.ClH.Zn/c1-2-4-8-6-9-5-7(8)3-1;;/h1-5H;1H;/q;;+1/p-1. The quantitative estimate of drug-likeness (QED) is 0.669. The third-order valence-corrected chi connectivity index (χ3v) is 4.63. The van der Waals surface area contributed by atoms with Crippen molar-refractivity contribution in [1.29, 1.82) is 0 Å². The molecule has 0 atom stereocenters. The Hall–Kier alpha value is -0.327. The van der Waals surface area contributed by atoms with Crippen LogP contribution in [0.2, 0.25) is 0 Å². The molecule has 0 saturated heterocycles. The molecule has 0 amide bonds. The predicted octanol–water partition coefficient (Wildman–Crippen LogP) is 2.29. The molecule has 0 saturated carbocycles. The first-order chi connectivity index (χ1) is 5.42. The van der Waals surface area contributed by atoms with Crippen LogP contribution in [0.3, 0.4) is 0 Å². The maximum atomic E-state index is 5.84. The van der Waals surface area contributed by atoms with Crippen molar-refractivity contribution in [3.63, 3.8) is 0 Å². The Bertz CT molecular complexity index is 369. The van der Waals surface area contributed by atoms with Crippen molar-refractivity contribution < 1.29 is 20.6 Å². The topological polar surface area (TPSA) is 13.1 Å². The molecule has 0 aliphatic rings. The molecule has 2 aromatic rings. The van der Waals surface area contributed by atoms with E-state index in [0.29, 0.717) is 0 Å². The third kappa shape index (κ3) is 1.21. The van der Waals surface area contributed by atoms with E-state index in [9.17, 15) is 0 Å². The molecule has 1 heterocycles. The minimum atomic E-state index is -1.08. The van der Waals surface area contributed by atoms with E-state index in [1.165, 1.54) is 5.39 Å². The molecule has 11 heavy (non-hydrogen) atoms. The molecule has 52 valence electrons. The van der Waals surface area contributed by atoms with Crippen LogP contribution in [0.5, 0.6) is 0 Å². The molecule has 0 bridgehead atoms. The fourth-order valence-electron chi connectivity index (χ4n) is 1.16. The average molecular weight is 218 g/mol. The number of halogens is 1. The van der Waals surface area contributed by atoms with Gasteiger partial charge in [0, 0.05) is 0 Å². The zero-order chi connectivity index (χ0) is 7.68. The summed E-state index contributed by atoms with van der Waals surface area (Å²) in [6.07, 6.45) is 1.78. The van der Waals surface area contributed by atoms with E-state index in [-0.39, 0.29) is 0 Å². The number of fused-ring (bicyclic) bond motifs is 1. The fraction of sp³-hybridized carbons (Fsp3) is 0. The number of rotatable bonds is 1. The molecular weight excluding hydrogens is 213 g/mol. The Kier molecular flexibility index (Phi) is 1.97. The number of hydrogen-bond donors (Lipinski definition) is 0. The van der Waals surface area contributed by atoms with Crippen LogP contribution in [-0.2, 0) is 16.1 Å². The van der Waals surface area contributed by atoms with Crippen LogP contribution in [0.15, 0.2) is 34.9 Å². The van der Waals surface area contributed by atoms with Crippen LogP contribution in [0.4, 0.5) is 0 Å². The van der Waals surface area contributed by atoms with E-state index in [1.54, 1.807) is 6.26 Å². The van der Waals surface area contributed by atoms with Gasteiger partial charge in [0.2, 0.25) is 0 Å². The Morgan fingerprint density at radius 3 is 2.91 bits per heavy atom. The third-order valence-electron chi connectivity index (χ3n) is 1.71. The van der Waals surface area contributed by atoms with Gasteiger partial charge in [-0.25, -0.2) is 0 Å². The Morgan fingerprint density at radius 1 is 1.27 bits per heavy atom. The first-order valence-corrected chi connectivity index (χ1v) is 8.81. The predicted molar refractivity (Wildman–Crippen MR) is 41.7 cm³/mol. The SMILES string of the molecule is [Cl][Zn][c]1occ2ccccc12. The molecule has 0 unspecified atom stereocenters. The van der Waals surface area contributed by atoms with Crippen LogP contribution < -0.4 is 4.35 Å². The summed E-state index contributed by atoms with van der Waals surface area (Å²) in [5.41, 5.74) is 0. The molecule has 0 spiro atoms. The van der Waals surface area contributed by atoms with Crippen molar-refractivity contribution in [3.05, 3.63) is 30.5 Å². The zero-order valence-corrected chi connectivity index (χ0v) is 9.60. The summed E-state index contributed by atoms with van der Waals surface area (Å²) in [5.74, 6) is 0. The second-order valence-electron chi connectivity index (χ2n) is 2.38. The van der Waals surface area contributed by atoms with Gasteiger partial charge < -0.3 is 0 Å². The summed E-state index contributed by atoms with van der Waals surface area (Å²) < 4.78 is 6.35. The molecular formula is C8H5ClOZn. The van der Waals surface area contributed by atoms with Gasteiger partial charge in [-0.3, -0.25) is 0 Å². The summed E-state index contributed by atoms with van der Waals surface area (Å²) in [6.45, 7) is 0. The van der Waals surface area contributed by atoms with E-state index in [4.69, 9.17) is 14.1 Å². The van der Waals surface area contributed by atoms with Gasteiger partial charge in [0.05, 0.1) is 0 Å². The maximum absolute atomic E-state index is 5.84. The van der Waals surface area contributed by atoms with Crippen LogP contribution in [-0.4, -0.2) is 0 Å². The van der Waals surface area contributed by atoms with Gasteiger partial charge in [0.1, 0.15) is 0 Å². The number of benzene rings is 1. The van der Waals surface area contributed by atoms with E-state index in [1.807, 2.05) is 18.2 Å². The van der Waals surface area contributed by atoms with Gasteiger partial charge in [-0.1, -0.05) is 0 Å². The second kappa shape index (κ2) is 2.96. The zero-order valence-electron chi connectivity index (χ0n) is 5.88. The van der Waals surface area contributed by atoms with Crippen LogP contribution in [0.25, 0.3) is 10.8 Å². The van der Waals surface area contributed by atoms with Gasteiger partial charge in [-0.15, -0.1) is 0 Å². The Labute approximate surface area is 76.0 Å². The Balaban J connectivity index is 2.76. The van der Waals surface area contributed by atoms with Crippen molar-refractivity contribution in [2.24, 2.45) is 0 Å². The first-order valence-electron chi connectivity index (χ1n) is 3.43. The van der Waals surface area contributed by atoms with Gasteiger partial charge in [0.15, 0.2) is 0 Å². The fourth-order valence-corrected chi connectivity index (χ4v) is 3.52. The van der Waals surface area contributed by atoms with Crippen molar-refractivity contribution >= 4 is 24.8 Å². The van der Waals surface area contributed by atoms with Gasteiger partial charge in [-0.2, -0.15) is 0 Å². The first kappa shape index (κ1) is 7.33. The van der Waals surface area contributed by atoms with E-state index in [0.717, 1.165) is 9.74 Å². The molecule has 0 fully saturated rings. The van der Waals surface area contributed by atoms with E-state index >= 15 is 0 Å². The van der Waals surface area contributed by atoms with Crippen LogP contribution in [0, 0.1) is 0 Å². The van der Waals surface area contributed by atoms with Gasteiger partial charge in [-0.05, 0) is 0 Å². The number of furan rings is 1. The van der Waals surface area contributed by atoms with Crippen molar-refractivity contribution in [1.82, 2.24) is 0 Å². The Morgan fingerprint density at radius 2 is 2.09 bits per heavy atom. The van der Waals surface area contributed by atoms with Gasteiger partial charge in [0.25, 0.3) is 0 Å². The molecule has 3 heteroatoms. The van der Waals surface area contributed by atoms with Crippen LogP contribution in [0.1, 0.15) is 0 Å². The van der Waals surface area contributed by atoms with Crippen molar-refractivity contribution in [2.45, 2.75) is 0 Å². The molecule has 0 aliphatic carbocycles. The summed E-state index contributed by atoms with van der Waals surface area (Å²) in [4.78, 5) is 0. The molecule has 2 rings (SSSR count). The minimum absolute atomic E-state index is 1.04. The van der Waals surface area contributed by atoms with Crippen molar-refractivity contribution in [3.8, 4) is 0 Å². The summed E-state index contributed by atoms with van der Waals surface area (Å²) in [7, 11) is 5.84. The van der Waals surface area contributed by atoms with Crippen molar-refractivity contribution in [2.75, 3.05) is 0 Å². The summed E-state index contributed by atoms with van der Waals surface area (Å²) >= 11 is -1.08. The molecule has 0 N–H and O–H groups in total. The molecule has 1 aromatic carbocycles. The monoisotopic (exact) mass is 216 g/mol. The number of hydrogen-bond acceptors (Lipinski definition) is 1.